The summed E-state index contributed by atoms with van der Waals surface area (Å²) in [5, 5.41) is 0. The normalized spacial score (nSPS) is 12.2. The van der Waals surface area contributed by atoms with Gasteiger partial charge in [-0.15, -0.1) is 0 Å². The van der Waals surface area contributed by atoms with E-state index in [0.717, 1.165) is 32.2 Å². The van der Waals surface area contributed by atoms with Crippen LogP contribution >= 0.6 is 31.9 Å². The molecule has 0 heterocycles. The molecule has 0 amide bonds. The minimum absolute atomic E-state index is 0.170. The van der Waals surface area contributed by atoms with E-state index >= 15 is 0 Å². The summed E-state index contributed by atoms with van der Waals surface area (Å²) < 4.78 is 7.65. The Kier molecular flexibility index (Phi) is 5.85. The highest BCUT2D eigenvalue weighted by molar-refractivity contribution is 9.10. The molecule has 21 heavy (non-hydrogen) atoms. The second kappa shape index (κ2) is 7.43. The molecule has 0 aromatic heterocycles. The lowest BCUT2D eigenvalue weighted by Crippen LogP contribution is -2.12. The Bertz CT molecular complexity index is 628. The van der Waals surface area contributed by atoms with Gasteiger partial charge in [-0.3, -0.25) is 0 Å². The van der Waals surface area contributed by atoms with Gasteiger partial charge in [-0.2, -0.15) is 0 Å². The van der Waals surface area contributed by atoms with Crippen LogP contribution in [0.5, 0.6) is 5.75 Å². The average molecular weight is 413 g/mol. The zero-order valence-corrected chi connectivity index (χ0v) is 15.4. The van der Waals surface area contributed by atoms with Crippen LogP contribution in [-0.2, 0) is 0 Å². The van der Waals surface area contributed by atoms with Crippen LogP contribution in [0.1, 0.15) is 36.1 Å². The number of ether oxygens (including phenoxy) is 1. The first kappa shape index (κ1) is 16.5. The van der Waals surface area contributed by atoms with Crippen LogP contribution in [-0.4, -0.2) is 6.61 Å². The van der Waals surface area contributed by atoms with Crippen molar-refractivity contribution in [3.63, 3.8) is 0 Å². The number of halogens is 2. The molecule has 0 aliphatic carbocycles. The molecule has 0 radical (unpaired) electrons. The number of rotatable bonds is 5. The second-order valence-corrected chi connectivity index (χ2v) is 6.75. The predicted molar refractivity (Wildman–Crippen MR) is 94.8 cm³/mol. The van der Waals surface area contributed by atoms with Crippen molar-refractivity contribution in [2.45, 2.75) is 26.3 Å². The van der Waals surface area contributed by atoms with Gasteiger partial charge < -0.3 is 10.5 Å². The van der Waals surface area contributed by atoms with E-state index < -0.39 is 0 Å². The third-order valence-electron chi connectivity index (χ3n) is 3.27. The Hall–Kier alpha value is -0.840. The molecule has 2 nitrogen and oxygen atoms in total. The summed E-state index contributed by atoms with van der Waals surface area (Å²) in [5.74, 6) is 0.857. The van der Waals surface area contributed by atoms with Crippen molar-refractivity contribution in [3.05, 3.63) is 62.0 Å². The van der Waals surface area contributed by atoms with Gasteiger partial charge in [0.15, 0.2) is 0 Å². The largest absolute Gasteiger partial charge is 0.492 e. The number of aryl methyl sites for hydroxylation is 1. The molecule has 0 fully saturated rings. The van der Waals surface area contributed by atoms with Gasteiger partial charge in [0.25, 0.3) is 0 Å². The smallest absolute Gasteiger partial charge is 0.133 e. The van der Waals surface area contributed by atoms with Crippen LogP contribution < -0.4 is 10.5 Å². The average Bonchev–Trinajstić information content (AvgIpc) is 2.45. The summed E-state index contributed by atoms with van der Waals surface area (Å²) in [5.41, 5.74) is 9.73. The molecule has 2 aromatic carbocycles. The Morgan fingerprint density at radius 1 is 1.10 bits per heavy atom. The van der Waals surface area contributed by atoms with E-state index in [1.165, 1.54) is 5.56 Å². The van der Waals surface area contributed by atoms with Gasteiger partial charge in [0.2, 0.25) is 0 Å². The van der Waals surface area contributed by atoms with Crippen molar-refractivity contribution in [1.82, 2.24) is 0 Å². The van der Waals surface area contributed by atoms with Crippen molar-refractivity contribution in [1.29, 1.82) is 0 Å². The summed E-state index contributed by atoms with van der Waals surface area (Å²) in [7, 11) is 0. The van der Waals surface area contributed by atoms with Gasteiger partial charge in [-0.05, 0) is 64.2 Å². The molecule has 112 valence electrons. The maximum atomic E-state index is 6.39. The monoisotopic (exact) mass is 411 g/mol. The van der Waals surface area contributed by atoms with E-state index in [0.29, 0.717) is 6.61 Å². The van der Waals surface area contributed by atoms with Gasteiger partial charge in [0.05, 0.1) is 17.1 Å². The topological polar surface area (TPSA) is 35.2 Å². The van der Waals surface area contributed by atoms with Crippen LogP contribution in [0.2, 0.25) is 0 Å². The summed E-state index contributed by atoms with van der Waals surface area (Å²) >= 11 is 7.15. The summed E-state index contributed by atoms with van der Waals surface area (Å²) in [6, 6.07) is 12.1. The van der Waals surface area contributed by atoms with Crippen molar-refractivity contribution in [2.24, 2.45) is 5.73 Å². The highest BCUT2D eigenvalue weighted by Gasteiger charge is 2.14. The summed E-state index contributed by atoms with van der Waals surface area (Å²) in [6.45, 7) is 4.87. The molecular weight excluding hydrogens is 394 g/mol. The number of hydrogen-bond donors (Lipinski definition) is 1. The van der Waals surface area contributed by atoms with Crippen LogP contribution in [0.4, 0.5) is 0 Å². The standard InChI is InChI=1S/C17H19Br2NO/c1-3-8-21-16-7-5-12(10-15(16)19)17(20)13-6-4-11(2)9-14(13)18/h4-7,9-10,17H,3,8,20H2,1-2H3. The van der Waals surface area contributed by atoms with E-state index in [1.54, 1.807) is 0 Å². The molecule has 2 rings (SSSR count). The second-order valence-electron chi connectivity index (χ2n) is 5.04. The Balaban J connectivity index is 2.27. The fourth-order valence-electron chi connectivity index (χ4n) is 2.10. The van der Waals surface area contributed by atoms with Crippen LogP contribution in [0, 0.1) is 6.92 Å². The SMILES string of the molecule is CCCOc1ccc(C(N)c2ccc(C)cc2Br)cc1Br. The van der Waals surface area contributed by atoms with Crippen LogP contribution in [0.25, 0.3) is 0 Å². The van der Waals surface area contributed by atoms with Crippen molar-refractivity contribution in [3.8, 4) is 5.75 Å². The first-order valence-electron chi connectivity index (χ1n) is 6.96. The third-order valence-corrected chi connectivity index (χ3v) is 4.57. The molecule has 0 bridgehead atoms. The first-order valence-corrected chi connectivity index (χ1v) is 8.55. The molecule has 1 atom stereocenters. The summed E-state index contributed by atoms with van der Waals surface area (Å²) in [4.78, 5) is 0. The molecule has 0 aliphatic heterocycles. The lowest BCUT2D eigenvalue weighted by molar-refractivity contribution is 0.315. The summed E-state index contributed by atoms with van der Waals surface area (Å²) in [6.07, 6.45) is 0.990. The molecular formula is C17H19Br2NO. The fourth-order valence-corrected chi connectivity index (χ4v) is 3.35. The van der Waals surface area contributed by atoms with Gasteiger partial charge in [-0.1, -0.05) is 41.1 Å². The van der Waals surface area contributed by atoms with Crippen molar-refractivity contribution in [2.75, 3.05) is 6.61 Å². The maximum absolute atomic E-state index is 6.39. The lowest BCUT2D eigenvalue weighted by Gasteiger charge is -2.16. The van der Waals surface area contributed by atoms with Crippen molar-refractivity contribution >= 4 is 31.9 Å². The first-order chi connectivity index (χ1) is 10.0. The van der Waals surface area contributed by atoms with Crippen LogP contribution in [0.15, 0.2) is 45.3 Å². The zero-order valence-electron chi connectivity index (χ0n) is 12.2. The van der Waals surface area contributed by atoms with E-state index in [2.05, 4.69) is 63.9 Å². The molecule has 4 heteroatoms. The van der Waals surface area contributed by atoms with E-state index in [9.17, 15) is 0 Å². The molecule has 0 saturated carbocycles. The number of benzene rings is 2. The quantitative estimate of drug-likeness (QED) is 0.717. The van der Waals surface area contributed by atoms with Crippen molar-refractivity contribution < 1.29 is 4.74 Å². The molecule has 0 aliphatic rings. The Morgan fingerprint density at radius 3 is 2.48 bits per heavy atom. The minimum atomic E-state index is -0.170. The minimum Gasteiger partial charge on any atom is -0.492 e. The Morgan fingerprint density at radius 2 is 1.86 bits per heavy atom. The van der Waals surface area contributed by atoms with Crippen LogP contribution in [0.3, 0.4) is 0 Å². The van der Waals surface area contributed by atoms with E-state index in [-0.39, 0.29) is 6.04 Å². The molecule has 1 unspecified atom stereocenters. The molecule has 2 aromatic rings. The predicted octanol–water partition coefficient (Wildman–Crippen LogP) is 5.36. The molecule has 2 N–H and O–H groups in total. The highest BCUT2D eigenvalue weighted by Crippen LogP contribution is 2.32. The fraction of sp³-hybridized carbons (Fsp3) is 0.294. The van der Waals surface area contributed by atoms with Gasteiger partial charge in [0.1, 0.15) is 5.75 Å². The molecule has 0 spiro atoms. The van der Waals surface area contributed by atoms with E-state index in [1.807, 2.05) is 18.2 Å². The van der Waals surface area contributed by atoms with Gasteiger partial charge >= 0.3 is 0 Å². The number of nitrogens with two attached hydrogens (primary N) is 1. The number of hydrogen-bond acceptors (Lipinski definition) is 2. The van der Waals surface area contributed by atoms with Gasteiger partial charge in [0, 0.05) is 4.47 Å². The van der Waals surface area contributed by atoms with E-state index in [4.69, 9.17) is 10.5 Å². The maximum Gasteiger partial charge on any atom is 0.133 e. The Labute approximate surface area is 143 Å². The van der Waals surface area contributed by atoms with Gasteiger partial charge in [-0.25, -0.2) is 0 Å². The lowest BCUT2D eigenvalue weighted by atomic mass is 9.99. The molecule has 0 saturated heterocycles. The third kappa shape index (κ3) is 4.09. The zero-order chi connectivity index (χ0) is 15.4. The highest BCUT2D eigenvalue weighted by atomic mass is 79.9.